The zero-order chi connectivity index (χ0) is 15.9. The molecule has 1 heterocycles. The fraction of sp³-hybridized carbons (Fsp3) is 0.500. The van der Waals surface area contributed by atoms with E-state index in [9.17, 15) is 9.18 Å². The second kappa shape index (κ2) is 5.75. The molecule has 1 atom stereocenters. The first-order valence-electron chi connectivity index (χ1n) is 8.00. The molecule has 4 heteroatoms. The predicted molar refractivity (Wildman–Crippen MR) is 84.4 cm³/mol. The summed E-state index contributed by atoms with van der Waals surface area (Å²) in [6.45, 7) is 6.51. The Bertz CT molecular complexity index is 717. The summed E-state index contributed by atoms with van der Waals surface area (Å²) in [5.41, 5.74) is 3.43. The van der Waals surface area contributed by atoms with E-state index >= 15 is 0 Å². The van der Waals surface area contributed by atoms with Crippen LogP contribution in [-0.2, 0) is 22.4 Å². The molecule has 1 unspecified atom stereocenters. The minimum atomic E-state index is -0.227. The maximum absolute atomic E-state index is 13.7. The number of carbonyl (C=O) groups is 1. The molecular weight excluding hydrogens is 281 g/mol. The van der Waals surface area contributed by atoms with Crippen LogP contribution in [0.1, 0.15) is 44.5 Å². The molecule has 0 aliphatic heterocycles. The number of esters is 1. The quantitative estimate of drug-likeness (QED) is 0.802. The van der Waals surface area contributed by atoms with Crippen LogP contribution in [0.3, 0.4) is 0 Å². The Kier molecular flexibility index (Phi) is 3.94. The summed E-state index contributed by atoms with van der Waals surface area (Å²) in [4.78, 5) is 12.0. The summed E-state index contributed by atoms with van der Waals surface area (Å²) in [6.07, 6.45) is 2.29. The van der Waals surface area contributed by atoms with E-state index < -0.39 is 0 Å². The van der Waals surface area contributed by atoms with Gasteiger partial charge in [-0.15, -0.1) is 0 Å². The SMILES string of the molecule is CCOC(=O)C1CCc2c(c3cc(F)ccc3n2C(C)C)C1. The molecule has 0 saturated carbocycles. The molecule has 0 spiro atoms. The van der Waals surface area contributed by atoms with E-state index in [1.807, 2.05) is 13.0 Å². The maximum Gasteiger partial charge on any atom is 0.309 e. The van der Waals surface area contributed by atoms with Crippen LogP contribution in [0, 0.1) is 11.7 Å². The molecule has 0 bridgehead atoms. The van der Waals surface area contributed by atoms with Crippen LogP contribution < -0.4 is 0 Å². The fourth-order valence-corrected chi connectivity index (χ4v) is 3.62. The van der Waals surface area contributed by atoms with Gasteiger partial charge < -0.3 is 9.30 Å². The molecule has 1 aliphatic carbocycles. The molecule has 0 radical (unpaired) electrons. The highest BCUT2D eigenvalue weighted by Crippen LogP contribution is 2.37. The van der Waals surface area contributed by atoms with E-state index in [-0.39, 0.29) is 17.7 Å². The topological polar surface area (TPSA) is 31.2 Å². The third-order valence-corrected chi connectivity index (χ3v) is 4.50. The van der Waals surface area contributed by atoms with Crippen LogP contribution in [0.15, 0.2) is 18.2 Å². The standard InChI is InChI=1S/C18H22FNO2/c1-4-22-18(21)12-5-7-16-14(9-12)15-10-13(19)6-8-17(15)20(16)11(2)3/h6,8,10-12H,4-5,7,9H2,1-3H3. The number of halogens is 1. The Balaban J connectivity index is 2.10. The van der Waals surface area contributed by atoms with Gasteiger partial charge >= 0.3 is 5.97 Å². The highest BCUT2D eigenvalue weighted by atomic mass is 19.1. The molecule has 0 saturated heterocycles. The minimum absolute atomic E-state index is 0.109. The van der Waals surface area contributed by atoms with E-state index in [0.29, 0.717) is 19.1 Å². The molecule has 0 fully saturated rings. The lowest BCUT2D eigenvalue weighted by atomic mass is 9.86. The summed E-state index contributed by atoms with van der Waals surface area (Å²) >= 11 is 0. The molecule has 22 heavy (non-hydrogen) atoms. The van der Waals surface area contributed by atoms with Gasteiger partial charge in [-0.3, -0.25) is 4.79 Å². The van der Waals surface area contributed by atoms with Crippen molar-refractivity contribution in [3.05, 3.63) is 35.3 Å². The average molecular weight is 303 g/mol. The van der Waals surface area contributed by atoms with Crippen LogP contribution in [0.25, 0.3) is 10.9 Å². The van der Waals surface area contributed by atoms with Crippen LogP contribution in [0.2, 0.25) is 0 Å². The van der Waals surface area contributed by atoms with Gasteiger partial charge in [0.1, 0.15) is 5.82 Å². The Hall–Kier alpha value is -1.84. The van der Waals surface area contributed by atoms with Crippen LogP contribution in [-0.4, -0.2) is 17.1 Å². The Labute approximate surface area is 130 Å². The van der Waals surface area contributed by atoms with Gasteiger partial charge in [0.15, 0.2) is 0 Å². The number of carbonyl (C=O) groups excluding carboxylic acids is 1. The average Bonchev–Trinajstić information content (AvgIpc) is 2.80. The second-order valence-electron chi connectivity index (χ2n) is 6.24. The highest BCUT2D eigenvalue weighted by Gasteiger charge is 2.30. The highest BCUT2D eigenvalue weighted by molar-refractivity contribution is 5.87. The lowest BCUT2D eigenvalue weighted by molar-refractivity contribution is -0.148. The molecule has 0 N–H and O–H groups in total. The summed E-state index contributed by atoms with van der Waals surface area (Å²) in [7, 11) is 0. The van der Waals surface area contributed by atoms with Gasteiger partial charge in [-0.1, -0.05) is 0 Å². The van der Waals surface area contributed by atoms with Crippen molar-refractivity contribution in [2.45, 2.75) is 46.1 Å². The van der Waals surface area contributed by atoms with E-state index in [2.05, 4.69) is 18.4 Å². The lowest BCUT2D eigenvalue weighted by Gasteiger charge is -2.23. The van der Waals surface area contributed by atoms with Crippen LogP contribution in [0.4, 0.5) is 4.39 Å². The Morgan fingerprint density at radius 3 is 2.91 bits per heavy atom. The summed E-state index contributed by atoms with van der Waals surface area (Å²) in [6, 6.07) is 5.27. The maximum atomic E-state index is 13.7. The number of benzene rings is 1. The molecule has 0 amide bonds. The van der Waals surface area contributed by atoms with E-state index in [1.54, 1.807) is 6.07 Å². The van der Waals surface area contributed by atoms with Crippen molar-refractivity contribution in [1.29, 1.82) is 0 Å². The van der Waals surface area contributed by atoms with E-state index in [1.165, 1.54) is 11.8 Å². The van der Waals surface area contributed by atoms with Crippen molar-refractivity contribution in [2.75, 3.05) is 6.61 Å². The van der Waals surface area contributed by atoms with Gasteiger partial charge in [-0.2, -0.15) is 0 Å². The van der Waals surface area contributed by atoms with Gasteiger partial charge in [-0.05, 0) is 63.8 Å². The van der Waals surface area contributed by atoms with Gasteiger partial charge in [0.25, 0.3) is 0 Å². The Morgan fingerprint density at radius 2 is 2.23 bits per heavy atom. The largest absolute Gasteiger partial charge is 0.466 e. The van der Waals surface area contributed by atoms with Crippen molar-refractivity contribution in [3.8, 4) is 0 Å². The first-order valence-corrected chi connectivity index (χ1v) is 8.00. The molecule has 3 nitrogen and oxygen atoms in total. The molecule has 3 rings (SSSR count). The van der Waals surface area contributed by atoms with Crippen molar-refractivity contribution < 1.29 is 13.9 Å². The summed E-state index contributed by atoms with van der Waals surface area (Å²) < 4.78 is 21.1. The third-order valence-electron chi connectivity index (χ3n) is 4.50. The second-order valence-corrected chi connectivity index (χ2v) is 6.24. The molecule has 118 valence electrons. The van der Waals surface area contributed by atoms with Crippen molar-refractivity contribution >= 4 is 16.9 Å². The van der Waals surface area contributed by atoms with E-state index in [4.69, 9.17) is 4.74 Å². The predicted octanol–water partition coefficient (Wildman–Crippen LogP) is 4.03. The molecule has 1 aromatic carbocycles. The smallest absolute Gasteiger partial charge is 0.309 e. The molecular formula is C18H22FNO2. The Morgan fingerprint density at radius 1 is 1.45 bits per heavy atom. The van der Waals surface area contributed by atoms with Crippen molar-refractivity contribution in [3.63, 3.8) is 0 Å². The van der Waals surface area contributed by atoms with Gasteiger partial charge in [0, 0.05) is 22.6 Å². The lowest BCUT2D eigenvalue weighted by Crippen LogP contribution is -2.25. The number of hydrogen-bond donors (Lipinski definition) is 0. The van der Waals surface area contributed by atoms with E-state index in [0.717, 1.165) is 29.3 Å². The summed E-state index contributed by atoms with van der Waals surface area (Å²) in [5, 5.41) is 0.942. The van der Waals surface area contributed by atoms with Gasteiger partial charge in [0.05, 0.1) is 12.5 Å². The number of rotatable bonds is 3. The normalized spacial score (nSPS) is 17.8. The third kappa shape index (κ3) is 2.40. The summed E-state index contributed by atoms with van der Waals surface area (Å²) in [5.74, 6) is -0.466. The zero-order valence-electron chi connectivity index (χ0n) is 13.4. The monoisotopic (exact) mass is 303 g/mol. The molecule has 2 aromatic rings. The minimum Gasteiger partial charge on any atom is -0.466 e. The first kappa shape index (κ1) is 15.1. The number of hydrogen-bond acceptors (Lipinski definition) is 2. The number of fused-ring (bicyclic) bond motifs is 3. The first-order chi connectivity index (χ1) is 10.5. The number of nitrogens with zero attached hydrogens (tertiary/aromatic N) is 1. The fourth-order valence-electron chi connectivity index (χ4n) is 3.62. The van der Waals surface area contributed by atoms with Crippen molar-refractivity contribution in [2.24, 2.45) is 5.92 Å². The van der Waals surface area contributed by atoms with Crippen molar-refractivity contribution in [1.82, 2.24) is 4.57 Å². The number of ether oxygens (including phenoxy) is 1. The van der Waals surface area contributed by atoms with Crippen LogP contribution in [0.5, 0.6) is 0 Å². The zero-order valence-corrected chi connectivity index (χ0v) is 13.4. The molecule has 1 aromatic heterocycles. The molecule has 1 aliphatic rings. The number of aromatic nitrogens is 1. The van der Waals surface area contributed by atoms with Gasteiger partial charge in [-0.25, -0.2) is 4.39 Å². The van der Waals surface area contributed by atoms with Gasteiger partial charge in [0.2, 0.25) is 0 Å². The van der Waals surface area contributed by atoms with Crippen LogP contribution >= 0.6 is 0 Å².